The van der Waals surface area contributed by atoms with Crippen LogP contribution in [0.1, 0.15) is 47.3 Å². The van der Waals surface area contributed by atoms with Crippen molar-refractivity contribution in [2.24, 2.45) is 0 Å². The van der Waals surface area contributed by atoms with E-state index in [1.807, 2.05) is 13.0 Å². The maximum Gasteiger partial charge on any atom is 0.416 e. The molecule has 5 rings (SSSR count). The van der Waals surface area contributed by atoms with Crippen molar-refractivity contribution in [1.82, 2.24) is 9.97 Å². The summed E-state index contributed by atoms with van der Waals surface area (Å²) in [5, 5.41) is 11.8. The van der Waals surface area contributed by atoms with E-state index in [9.17, 15) is 18.0 Å². The third-order valence-corrected chi connectivity index (χ3v) is 7.59. The van der Waals surface area contributed by atoms with Crippen LogP contribution in [-0.2, 0) is 15.7 Å². The van der Waals surface area contributed by atoms with Crippen LogP contribution in [0.15, 0.2) is 48.8 Å². The normalized spacial score (nSPS) is 19.2. The molecule has 230 valence electrons. The lowest BCUT2D eigenvalue weighted by Crippen LogP contribution is -2.37. The molecule has 2 aromatic heterocycles. The second-order valence-electron chi connectivity index (χ2n) is 10.7. The van der Waals surface area contributed by atoms with Crippen LogP contribution in [0.3, 0.4) is 0 Å². The molecule has 2 atom stereocenters. The number of hydrogen-bond acceptors (Lipinski definition) is 8. The number of aliphatic hydroxyl groups excluding tert-OH is 1. The van der Waals surface area contributed by atoms with Crippen molar-refractivity contribution in [1.29, 1.82) is 0 Å². The fourth-order valence-electron chi connectivity index (χ4n) is 5.38. The van der Waals surface area contributed by atoms with Crippen LogP contribution in [0.4, 0.5) is 24.5 Å². The number of rotatable bonds is 9. The van der Waals surface area contributed by atoms with Crippen molar-refractivity contribution in [3.05, 3.63) is 65.6 Å². The van der Waals surface area contributed by atoms with Gasteiger partial charge in [0.05, 0.1) is 50.0 Å². The van der Waals surface area contributed by atoms with Gasteiger partial charge in [-0.25, -0.2) is 4.98 Å². The Bertz CT molecular complexity index is 1410. The zero-order valence-electron chi connectivity index (χ0n) is 23.9. The van der Waals surface area contributed by atoms with Crippen molar-refractivity contribution < 1.29 is 37.3 Å². The van der Waals surface area contributed by atoms with Gasteiger partial charge in [-0.3, -0.25) is 9.78 Å². The number of aliphatic hydroxyl groups is 1. The van der Waals surface area contributed by atoms with Gasteiger partial charge in [0.1, 0.15) is 11.8 Å². The van der Waals surface area contributed by atoms with E-state index in [0.29, 0.717) is 62.2 Å². The molecule has 43 heavy (non-hydrogen) atoms. The fraction of sp³-hybridized carbons (Fsp3) is 0.452. The third kappa shape index (κ3) is 7.81. The number of benzene rings is 1. The second-order valence-corrected chi connectivity index (χ2v) is 10.7. The SMILES string of the molecule is Cc1ncc(NC(=O)c2cccc(C(F)(F)F)c2)cc1-c1cnc(O[C@@H]2CCC[C@@H](OCCO)C2)c(N2CCOCC2)c1. The maximum absolute atomic E-state index is 13.2. The van der Waals surface area contributed by atoms with Gasteiger partial charge < -0.3 is 29.5 Å². The molecule has 1 aliphatic carbocycles. The highest BCUT2D eigenvalue weighted by Gasteiger charge is 2.31. The quantitative estimate of drug-likeness (QED) is 0.343. The number of ether oxygens (including phenoxy) is 3. The highest BCUT2D eigenvalue weighted by Crippen LogP contribution is 2.36. The first-order valence-electron chi connectivity index (χ1n) is 14.4. The zero-order valence-corrected chi connectivity index (χ0v) is 23.9. The van der Waals surface area contributed by atoms with Gasteiger partial charge in [0.15, 0.2) is 0 Å². The number of aromatic nitrogens is 2. The number of nitrogens with zero attached hydrogens (tertiary/aromatic N) is 3. The Morgan fingerprint density at radius 2 is 1.91 bits per heavy atom. The Labute approximate surface area is 248 Å². The van der Waals surface area contributed by atoms with Crippen LogP contribution in [0.2, 0.25) is 0 Å². The summed E-state index contributed by atoms with van der Waals surface area (Å²) in [6.45, 7) is 4.59. The van der Waals surface area contributed by atoms with Gasteiger partial charge in [-0.15, -0.1) is 0 Å². The molecule has 1 aliphatic heterocycles. The van der Waals surface area contributed by atoms with Gasteiger partial charge in [0.25, 0.3) is 5.91 Å². The minimum absolute atomic E-state index is 0.0172. The minimum atomic E-state index is -4.55. The molecule has 1 aromatic carbocycles. The summed E-state index contributed by atoms with van der Waals surface area (Å²) in [5.41, 5.74) is 2.31. The Balaban J connectivity index is 1.39. The van der Waals surface area contributed by atoms with Crippen molar-refractivity contribution in [3.63, 3.8) is 0 Å². The van der Waals surface area contributed by atoms with Crippen LogP contribution < -0.4 is 15.0 Å². The molecular weight excluding hydrogens is 565 g/mol. The summed E-state index contributed by atoms with van der Waals surface area (Å²) < 4.78 is 57.2. The first-order chi connectivity index (χ1) is 20.7. The van der Waals surface area contributed by atoms with Gasteiger partial charge in [0, 0.05) is 48.1 Å². The molecule has 0 bridgehead atoms. The van der Waals surface area contributed by atoms with Gasteiger partial charge >= 0.3 is 6.18 Å². The molecule has 9 nitrogen and oxygen atoms in total. The van der Waals surface area contributed by atoms with Gasteiger partial charge in [0.2, 0.25) is 5.88 Å². The molecule has 3 heterocycles. The van der Waals surface area contributed by atoms with Crippen LogP contribution in [0.5, 0.6) is 5.88 Å². The molecule has 2 aliphatic rings. The summed E-state index contributed by atoms with van der Waals surface area (Å²) in [6, 6.07) is 8.00. The molecule has 1 saturated heterocycles. The van der Waals surface area contributed by atoms with Crippen molar-refractivity contribution >= 4 is 17.3 Å². The number of amides is 1. The molecule has 12 heteroatoms. The monoisotopic (exact) mass is 600 g/mol. The standard InChI is InChI=1S/C31H35F3N4O5/c1-20-27(16-24(19-35-20)37-29(40)21-4-2-5-23(14-21)31(32,33)34)22-15-28(38-8-11-41-12-9-38)30(36-18-22)43-26-7-3-6-25(17-26)42-13-10-39/h2,4-5,14-16,18-19,25-26,39H,3,6-13,17H2,1H3,(H,37,40)/t25-,26-/m1/s1. The maximum atomic E-state index is 13.2. The van der Waals surface area contributed by atoms with E-state index in [0.717, 1.165) is 42.6 Å². The topological polar surface area (TPSA) is 106 Å². The highest BCUT2D eigenvalue weighted by molar-refractivity contribution is 6.04. The van der Waals surface area contributed by atoms with Gasteiger partial charge in [-0.1, -0.05) is 6.07 Å². The summed E-state index contributed by atoms with van der Waals surface area (Å²) in [6.07, 6.45) is 2.03. The predicted octanol–water partition coefficient (Wildman–Crippen LogP) is 5.26. The van der Waals surface area contributed by atoms with E-state index in [-0.39, 0.29) is 24.4 Å². The minimum Gasteiger partial charge on any atom is -0.473 e. The van der Waals surface area contributed by atoms with Gasteiger partial charge in [-0.05, 0) is 56.5 Å². The Morgan fingerprint density at radius 1 is 1.12 bits per heavy atom. The summed E-state index contributed by atoms with van der Waals surface area (Å²) >= 11 is 0. The number of carbonyl (C=O) groups is 1. The van der Waals surface area contributed by atoms with E-state index < -0.39 is 17.6 Å². The zero-order chi connectivity index (χ0) is 30.4. The van der Waals surface area contributed by atoms with Crippen molar-refractivity contribution in [3.8, 4) is 17.0 Å². The van der Waals surface area contributed by atoms with Crippen LogP contribution in [-0.4, -0.2) is 72.7 Å². The number of carbonyl (C=O) groups excluding carboxylic acids is 1. The molecule has 0 unspecified atom stereocenters. The van der Waals surface area contributed by atoms with E-state index in [1.54, 1.807) is 12.3 Å². The average Bonchev–Trinajstić information content (AvgIpc) is 3.01. The van der Waals surface area contributed by atoms with Gasteiger partial charge in [-0.2, -0.15) is 13.2 Å². The van der Waals surface area contributed by atoms with Crippen molar-refractivity contribution in [2.75, 3.05) is 49.7 Å². The first-order valence-corrected chi connectivity index (χ1v) is 14.4. The molecule has 2 N–H and O–H groups in total. The van der Waals surface area contributed by atoms with E-state index in [4.69, 9.17) is 24.3 Å². The summed E-state index contributed by atoms with van der Waals surface area (Å²) in [7, 11) is 0. The van der Waals surface area contributed by atoms with Crippen molar-refractivity contribution in [2.45, 2.75) is 51.0 Å². The number of halogens is 3. The lowest BCUT2D eigenvalue weighted by Gasteiger charge is -2.33. The fourth-order valence-corrected chi connectivity index (χ4v) is 5.38. The highest BCUT2D eigenvalue weighted by atomic mass is 19.4. The number of pyridine rings is 2. The number of anilines is 2. The lowest BCUT2D eigenvalue weighted by molar-refractivity contribution is -0.137. The first kappa shape index (κ1) is 30.7. The molecule has 2 fully saturated rings. The molecule has 0 radical (unpaired) electrons. The smallest absolute Gasteiger partial charge is 0.416 e. The number of aryl methyl sites for hydroxylation is 1. The number of alkyl halides is 3. The third-order valence-electron chi connectivity index (χ3n) is 7.59. The molecular formula is C31H35F3N4O5. The average molecular weight is 601 g/mol. The van der Waals surface area contributed by atoms with E-state index in [1.165, 1.54) is 18.3 Å². The predicted molar refractivity (Wildman–Crippen MR) is 154 cm³/mol. The molecule has 1 amide bonds. The summed E-state index contributed by atoms with van der Waals surface area (Å²) in [4.78, 5) is 24.1. The Morgan fingerprint density at radius 3 is 2.67 bits per heavy atom. The van der Waals surface area contributed by atoms with Crippen LogP contribution in [0.25, 0.3) is 11.1 Å². The molecule has 0 spiro atoms. The molecule has 1 saturated carbocycles. The number of morpholine rings is 1. The second kappa shape index (κ2) is 13.7. The lowest BCUT2D eigenvalue weighted by atomic mass is 9.95. The van der Waals surface area contributed by atoms with Crippen LogP contribution in [0, 0.1) is 6.92 Å². The van der Waals surface area contributed by atoms with Crippen LogP contribution >= 0.6 is 0 Å². The largest absolute Gasteiger partial charge is 0.473 e. The van der Waals surface area contributed by atoms with E-state index in [2.05, 4.69) is 15.2 Å². The number of hydrogen-bond donors (Lipinski definition) is 2. The Hall–Kier alpha value is -3.74. The molecule has 3 aromatic rings. The van der Waals surface area contributed by atoms with E-state index >= 15 is 0 Å². The summed E-state index contributed by atoms with van der Waals surface area (Å²) in [5.74, 6) is -0.162. The Kier molecular flexibility index (Phi) is 9.79. The number of nitrogens with one attached hydrogen (secondary N) is 1.